The van der Waals surface area contributed by atoms with Crippen molar-refractivity contribution in [2.75, 3.05) is 0 Å². The van der Waals surface area contributed by atoms with E-state index in [9.17, 15) is 9.90 Å². The van der Waals surface area contributed by atoms with Crippen molar-refractivity contribution in [3.8, 4) is 0 Å². The Morgan fingerprint density at radius 2 is 1.89 bits per heavy atom. The topological polar surface area (TPSA) is 58.6 Å². The lowest BCUT2D eigenvalue weighted by molar-refractivity contribution is 0.0401. The highest BCUT2D eigenvalue weighted by Gasteiger charge is 2.24. The first-order chi connectivity index (χ1) is 8.78. The Kier molecular flexibility index (Phi) is 6.11. The Hall–Kier alpha value is -0.770. The standard InChI is InChI=1S/C15H29NO3/c1-11(16-14(18)19-15(2,3)4)13(17)10-12-8-6-5-7-9-12/h11-13,17H,5-10H2,1-4H3,(H,16,18)/t11-,13?/m1/s1. The molecule has 2 atom stereocenters. The molecule has 0 saturated heterocycles. The van der Waals surface area contributed by atoms with Crippen molar-refractivity contribution in [1.82, 2.24) is 5.32 Å². The molecule has 0 spiro atoms. The van der Waals surface area contributed by atoms with Gasteiger partial charge in [-0.3, -0.25) is 0 Å². The minimum Gasteiger partial charge on any atom is -0.444 e. The smallest absolute Gasteiger partial charge is 0.407 e. The first-order valence-electron chi connectivity index (χ1n) is 7.45. The van der Waals surface area contributed by atoms with Crippen LogP contribution in [-0.2, 0) is 4.74 Å². The van der Waals surface area contributed by atoms with E-state index in [1.807, 2.05) is 27.7 Å². The minimum atomic E-state index is -0.502. The largest absolute Gasteiger partial charge is 0.444 e. The van der Waals surface area contributed by atoms with Gasteiger partial charge in [-0.25, -0.2) is 4.79 Å². The van der Waals surface area contributed by atoms with Gasteiger partial charge in [-0.15, -0.1) is 0 Å². The third kappa shape index (κ3) is 6.81. The molecule has 1 aliphatic carbocycles. The van der Waals surface area contributed by atoms with Gasteiger partial charge in [0, 0.05) is 0 Å². The van der Waals surface area contributed by atoms with Gasteiger partial charge in [0.25, 0.3) is 0 Å². The number of hydrogen-bond donors (Lipinski definition) is 2. The van der Waals surface area contributed by atoms with Crippen molar-refractivity contribution in [1.29, 1.82) is 0 Å². The van der Waals surface area contributed by atoms with Crippen LogP contribution in [0.5, 0.6) is 0 Å². The zero-order chi connectivity index (χ0) is 14.5. The van der Waals surface area contributed by atoms with Gasteiger partial charge in [-0.1, -0.05) is 32.1 Å². The summed E-state index contributed by atoms with van der Waals surface area (Å²) in [4.78, 5) is 11.6. The van der Waals surface area contributed by atoms with Gasteiger partial charge < -0.3 is 15.2 Å². The second kappa shape index (κ2) is 7.13. The molecule has 4 heteroatoms. The maximum absolute atomic E-state index is 11.6. The predicted molar refractivity (Wildman–Crippen MR) is 76.0 cm³/mol. The van der Waals surface area contributed by atoms with E-state index >= 15 is 0 Å². The van der Waals surface area contributed by atoms with Crippen molar-refractivity contribution in [2.24, 2.45) is 5.92 Å². The van der Waals surface area contributed by atoms with Crippen molar-refractivity contribution in [3.63, 3.8) is 0 Å². The molecule has 19 heavy (non-hydrogen) atoms. The minimum absolute atomic E-state index is 0.267. The van der Waals surface area contributed by atoms with E-state index in [1.54, 1.807) is 0 Å². The molecule has 2 N–H and O–H groups in total. The summed E-state index contributed by atoms with van der Waals surface area (Å²) in [5.41, 5.74) is -0.502. The van der Waals surface area contributed by atoms with Crippen molar-refractivity contribution < 1.29 is 14.6 Å². The molecule has 1 saturated carbocycles. The van der Waals surface area contributed by atoms with Crippen LogP contribution in [0.3, 0.4) is 0 Å². The monoisotopic (exact) mass is 271 g/mol. The van der Waals surface area contributed by atoms with Crippen LogP contribution in [0, 0.1) is 5.92 Å². The van der Waals surface area contributed by atoms with Gasteiger partial charge in [0.05, 0.1) is 12.1 Å². The molecular formula is C15H29NO3. The molecule has 1 aliphatic rings. The number of ether oxygens (including phenoxy) is 1. The maximum atomic E-state index is 11.6. The van der Waals surface area contributed by atoms with Gasteiger partial charge in [-0.2, -0.15) is 0 Å². The van der Waals surface area contributed by atoms with Crippen LogP contribution in [0.4, 0.5) is 4.79 Å². The lowest BCUT2D eigenvalue weighted by atomic mass is 9.84. The highest BCUT2D eigenvalue weighted by Crippen LogP contribution is 2.27. The lowest BCUT2D eigenvalue weighted by Gasteiger charge is -2.28. The van der Waals surface area contributed by atoms with E-state index in [1.165, 1.54) is 32.1 Å². The number of carbonyl (C=O) groups is 1. The molecule has 0 aromatic heterocycles. The molecule has 1 rings (SSSR count). The summed E-state index contributed by atoms with van der Waals surface area (Å²) in [7, 11) is 0. The molecule has 112 valence electrons. The molecule has 0 aromatic rings. The van der Waals surface area contributed by atoms with Gasteiger partial charge in [0.15, 0.2) is 0 Å². The molecule has 0 aromatic carbocycles. The van der Waals surface area contributed by atoms with Crippen LogP contribution in [0.2, 0.25) is 0 Å². The summed E-state index contributed by atoms with van der Waals surface area (Å²) < 4.78 is 5.19. The Balaban J connectivity index is 2.31. The average molecular weight is 271 g/mol. The summed E-state index contributed by atoms with van der Waals surface area (Å²) in [5, 5.41) is 12.9. The molecule has 0 heterocycles. The zero-order valence-corrected chi connectivity index (χ0v) is 12.7. The molecule has 1 unspecified atom stereocenters. The molecule has 1 fully saturated rings. The number of aliphatic hydroxyl groups excluding tert-OH is 1. The quantitative estimate of drug-likeness (QED) is 0.825. The summed E-state index contributed by atoms with van der Waals surface area (Å²) in [6.07, 6.45) is 6.09. The molecule has 0 bridgehead atoms. The molecular weight excluding hydrogens is 242 g/mol. The van der Waals surface area contributed by atoms with E-state index in [4.69, 9.17) is 4.74 Å². The number of nitrogens with one attached hydrogen (secondary N) is 1. The van der Waals surface area contributed by atoms with Gasteiger partial charge >= 0.3 is 6.09 Å². The van der Waals surface area contributed by atoms with Crippen molar-refractivity contribution >= 4 is 6.09 Å². The summed E-state index contributed by atoms with van der Waals surface area (Å²) in [5.74, 6) is 0.603. The fourth-order valence-corrected chi connectivity index (χ4v) is 2.56. The van der Waals surface area contributed by atoms with Crippen LogP contribution in [0.25, 0.3) is 0 Å². The van der Waals surface area contributed by atoms with E-state index < -0.39 is 17.8 Å². The van der Waals surface area contributed by atoms with Gasteiger partial charge in [-0.05, 0) is 40.0 Å². The highest BCUT2D eigenvalue weighted by molar-refractivity contribution is 5.68. The Morgan fingerprint density at radius 3 is 2.42 bits per heavy atom. The number of rotatable bonds is 4. The zero-order valence-electron chi connectivity index (χ0n) is 12.7. The average Bonchev–Trinajstić information content (AvgIpc) is 2.27. The number of hydrogen-bond acceptors (Lipinski definition) is 3. The SMILES string of the molecule is C[C@@H](NC(=O)OC(C)(C)C)C(O)CC1CCCCC1. The summed E-state index contributed by atoms with van der Waals surface area (Å²) in [6, 6.07) is -0.267. The Labute approximate surface area is 116 Å². The van der Waals surface area contributed by atoms with Crippen molar-refractivity contribution in [2.45, 2.75) is 84.0 Å². The first kappa shape index (κ1) is 16.3. The van der Waals surface area contributed by atoms with Gasteiger partial charge in [0.1, 0.15) is 5.60 Å². The normalized spacial score (nSPS) is 20.7. The highest BCUT2D eigenvalue weighted by atomic mass is 16.6. The van der Waals surface area contributed by atoms with E-state index in [0.29, 0.717) is 5.92 Å². The molecule has 1 amide bonds. The van der Waals surface area contributed by atoms with Crippen LogP contribution >= 0.6 is 0 Å². The third-order valence-corrected chi connectivity index (χ3v) is 3.62. The second-order valence-electron chi connectivity index (χ2n) is 6.74. The van der Waals surface area contributed by atoms with E-state index in [-0.39, 0.29) is 6.04 Å². The van der Waals surface area contributed by atoms with Crippen LogP contribution < -0.4 is 5.32 Å². The maximum Gasteiger partial charge on any atom is 0.407 e. The second-order valence-corrected chi connectivity index (χ2v) is 6.74. The van der Waals surface area contributed by atoms with Crippen LogP contribution in [0.15, 0.2) is 0 Å². The first-order valence-corrected chi connectivity index (χ1v) is 7.45. The number of aliphatic hydroxyl groups is 1. The Bertz CT molecular complexity index is 280. The molecule has 4 nitrogen and oxygen atoms in total. The molecule has 0 aliphatic heterocycles. The Morgan fingerprint density at radius 1 is 1.32 bits per heavy atom. The van der Waals surface area contributed by atoms with Crippen LogP contribution in [-0.4, -0.2) is 28.9 Å². The fourth-order valence-electron chi connectivity index (χ4n) is 2.56. The summed E-state index contributed by atoms with van der Waals surface area (Å²) in [6.45, 7) is 7.32. The molecule has 0 radical (unpaired) electrons. The number of carbonyl (C=O) groups excluding carboxylic acids is 1. The van der Waals surface area contributed by atoms with Crippen LogP contribution in [0.1, 0.15) is 66.2 Å². The number of alkyl carbamates (subject to hydrolysis) is 1. The fraction of sp³-hybridized carbons (Fsp3) is 0.933. The van der Waals surface area contributed by atoms with Gasteiger partial charge in [0.2, 0.25) is 0 Å². The van der Waals surface area contributed by atoms with E-state index in [0.717, 1.165) is 6.42 Å². The van der Waals surface area contributed by atoms with Crippen molar-refractivity contribution in [3.05, 3.63) is 0 Å². The third-order valence-electron chi connectivity index (χ3n) is 3.62. The lowest BCUT2D eigenvalue weighted by Crippen LogP contribution is -2.44. The predicted octanol–water partition coefficient (Wildman–Crippen LogP) is 3.23. The number of amides is 1. The van der Waals surface area contributed by atoms with E-state index in [2.05, 4.69) is 5.32 Å². The summed E-state index contributed by atoms with van der Waals surface area (Å²) >= 11 is 0.